The van der Waals surface area contributed by atoms with Crippen molar-refractivity contribution < 1.29 is 14.0 Å². The van der Waals surface area contributed by atoms with Crippen LogP contribution in [-0.2, 0) is 16.6 Å². The lowest BCUT2D eigenvalue weighted by Crippen LogP contribution is -2.47. The molecule has 33 heavy (non-hydrogen) atoms. The summed E-state index contributed by atoms with van der Waals surface area (Å²) in [4.78, 5) is 26.3. The second-order valence-corrected chi connectivity index (χ2v) is 10.4. The molecule has 4 heterocycles. The number of halogens is 1. The first kappa shape index (κ1) is 22.3. The Morgan fingerprint density at radius 1 is 1.21 bits per heavy atom. The quantitative estimate of drug-likeness (QED) is 0.693. The van der Waals surface area contributed by atoms with Gasteiger partial charge in [0.1, 0.15) is 6.17 Å². The van der Waals surface area contributed by atoms with Crippen LogP contribution in [0.3, 0.4) is 0 Å². The average molecular weight is 456 g/mol. The minimum Gasteiger partial charge on any atom is -0.371 e. The van der Waals surface area contributed by atoms with E-state index in [1.165, 1.54) is 0 Å². The van der Waals surface area contributed by atoms with Gasteiger partial charge < -0.3 is 10.2 Å². The number of amides is 2. The van der Waals surface area contributed by atoms with Gasteiger partial charge in [-0.05, 0) is 62.8 Å². The third kappa shape index (κ3) is 4.25. The van der Waals surface area contributed by atoms with Crippen molar-refractivity contribution in [1.29, 1.82) is 0 Å². The summed E-state index contributed by atoms with van der Waals surface area (Å²) in [7, 11) is 1.90. The fourth-order valence-corrected chi connectivity index (χ4v) is 5.97. The predicted molar refractivity (Wildman–Crippen MR) is 126 cm³/mol. The van der Waals surface area contributed by atoms with E-state index in [-0.39, 0.29) is 23.1 Å². The van der Waals surface area contributed by atoms with Crippen LogP contribution in [0.2, 0.25) is 0 Å². The van der Waals surface area contributed by atoms with Gasteiger partial charge in [-0.1, -0.05) is 6.92 Å². The standard InChI is InChI=1S/C25H34FN5O2/c1-25(9-10-27-15-21(25)26)14-16-7-11-31(12-8-16)17-3-4-18-20(13-17)30(2)29-23(18)19-5-6-22(32)28-24(19)33/h3-4,13,16,19,21,27H,5-12,14-15H2,1-2H3,(H,28,32,33)/t19?,21?,25-/m0/s1. The molecule has 0 spiro atoms. The molecule has 3 atom stereocenters. The van der Waals surface area contributed by atoms with Crippen LogP contribution in [0.5, 0.6) is 0 Å². The highest BCUT2D eigenvalue weighted by Crippen LogP contribution is 2.41. The minimum atomic E-state index is -0.755. The Morgan fingerprint density at radius 2 is 2.00 bits per heavy atom. The molecule has 1 aromatic heterocycles. The molecule has 0 bridgehead atoms. The topological polar surface area (TPSA) is 79.3 Å². The van der Waals surface area contributed by atoms with Crippen molar-refractivity contribution in [3.05, 3.63) is 23.9 Å². The normalized spacial score (nSPS) is 29.5. The van der Waals surface area contributed by atoms with E-state index in [9.17, 15) is 14.0 Å². The molecular weight excluding hydrogens is 421 g/mol. The number of hydrogen-bond acceptors (Lipinski definition) is 5. The zero-order valence-electron chi connectivity index (χ0n) is 19.6. The summed E-state index contributed by atoms with van der Waals surface area (Å²) in [5.74, 6) is -0.278. The summed E-state index contributed by atoms with van der Waals surface area (Å²) < 4.78 is 16.4. The van der Waals surface area contributed by atoms with Crippen LogP contribution in [0, 0.1) is 11.3 Å². The average Bonchev–Trinajstić information content (AvgIpc) is 3.12. The largest absolute Gasteiger partial charge is 0.371 e. The molecule has 0 radical (unpaired) electrons. The van der Waals surface area contributed by atoms with Gasteiger partial charge in [0.25, 0.3) is 0 Å². The van der Waals surface area contributed by atoms with Gasteiger partial charge in [-0.15, -0.1) is 0 Å². The molecule has 0 saturated carbocycles. The maximum atomic E-state index is 14.6. The smallest absolute Gasteiger partial charge is 0.235 e. The van der Waals surface area contributed by atoms with Crippen LogP contribution in [0.15, 0.2) is 18.2 Å². The number of aryl methyl sites for hydroxylation is 1. The number of nitrogens with zero attached hydrogens (tertiary/aromatic N) is 3. The third-order valence-electron chi connectivity index (χ3n) is 8.12. The first-order valence-electron chi connectivity index (χ1n) is 12.2. The molecule has 5 rings (SSSR count). The highest BCUT2D eigenvalue weighted by Gasteiger charge is 2.39. The Bertz CT molecular complexity index is 1060. The second kappa shape index (κ2) is 8.70. The van der Waals surface area contributed by atoms with Crippen LogP contribution in [0.4, 0.5) is 10.1 Å². The molecule has 1 aromatic carbocycles. The van der Waals surface area contributed by atoms with E-state index in [1.807, 2.05) is 11.7 Å². The van der Waals surface area contributed by atoms with E-state index >= 15 is 0 Å². The Hall–Kier alpha value is -2.48. The number of imide groups is 1. The fourth-order valence-electron chi connectivity index (χ4n) is 5.97. The van der Waals surface area contributed by atoms with E-state index < -0.39 is 6.17 Å². The Labute approximate surface area is 194 Å². The maximum Gasteiger partial charge on any atom is 0.235 e. The van der Waals surface area contributed by atoms with Crippen LogP contribution in [0.1, 0.15) is 57.1 Å². The van der Waals surface area contributed by atoms with Gasteiger partial charge >= 0.3 is 0 Å². The molecule has 7 nitrogen and oxygen atoms in total. The molecular formula is C25H34FN5O2. The van der Waals surface area contributed by atoms with Crippen molar-refractivity contribution in [2.24, 2.45) is 18.4 Å². The van der Waals surface area contributed by atoms with E-state index in [0.717, 1.165) is 67.6 Å². The number of piperidine rings is 3. The van der Waals surface area contributed by atoms with Crippen LogP contribution in [0.25, 0.3) is 10.9 Å². The molecule has 0 aliphatic carbocycles. The Morgan fingerprint density at radius 3 is 2.73 bits per heavy atom. The number of rotatable bonds is 4. The van der Waals surface area contributed by atoms with Gasteiger partial charge in [-0.2, -0.15) is 5.10 Å². The SMILES string of the molecule is Cn1nc(C2CCC(=O)NC2=O)c2ccc(N3CCC(C[C@]4(C)CCNCC4F)CC3)cc21. The van der Waals surface area contributed by atoms with Crippen LogP contribution >= 0.6 is 0 Å². The van der Waals surface area contributed by atoms with Crippen molar-refractivity contribution >= 4 is 28.4 Å². The highest BCUT2D eigenvalue weighted by molar-refractivity contribution is 6.02. The van der Waals surface area contributed by atoms with Crippen molar-refractivity contribution in [1.82, 2.24) is 20.4 Å². The molecule has 178 valence electrons. The number of alkyl halides is 1. The van der Waals surface area contributed by atoms with Crippen LogP contribution < -0.4 is 15.5 Å². The molecule has 3 aliphatic rings. The van der Waals surface area contributed by atoms with Crippen molar-refractivity contribution in [3.8, 4) is 0 Å². The summed E-state index contributed by atoms with van der Waals surface area (Å²) >= 11 is 0. The summed E-state index contributed by atoms with van der Waals surface area (Å²) in [6.45, 7) is 5.47. The highest BCUT2D eigenvalue weighted by atomic mass is 19.1. The van der Waals surface area contributed by atoms with Gasteiger partial charge in [0, 0.05) is 49.6 Å². The molecule has 3 saturated heterocycles. The molecule has 8 heteroatoms. The number of carbonyl (C=O) groups is 2. The summed E-state index contributed by atoms with van der Waals surface area (Å²) in [6, 6.07) is 6.34. The fraction of sp³-hybridized carbons (Fsp3) is 0.640. The maximum absolute atomic E-state index is 14.6. The van der Waals surface area contributed by atoms with Crippen molar-refractivity contribution in [3.63, 3.8) is 0 Å². The van der Waals surface area contributed by atoms with E-state index in [4.69, 9.17) is 0 Å². The number of carbonyl (C=O) groups excluding carboxylic acids is 2. The first-order valence-corrected chi connectivity index (χ1v) is 12.2. The molecule has 2 N–H and O–H groups in total. The van der Waals surface area contributed by atoms with Crippen molar-refractivity contribution in [2.45, 2.75) is 57.5 Å². The van der Waals surface area contributed by atoms with E-state index in [2.05, 4.69) is 45.8 Å². The van der Waals surface area contributed by atoms with Gasteiger partial charge in [0.15, 0.2) is 0 Å². The lowest BCUT2D eigenvalue weighted by molar-refractivity contribution is -0.134. The predicted octanol–water partition coefficient (Wildman–Crippen LogP) is 3.04. The lowest BCUT2D eigenvalue weighted by Gasteiger charge is -2.42. The number of anilines is 1. The van der Waals surface area contributed by atoms with Gasteiger partial charge in [0.05, 0.1) is 17.1 Å². The summed E-state index contributed by atoms with van der Waals surface area (Å²) in [5.41, 5.74) is 2.71. The first-order chi connectivity index (χ1) is 15.8. The molecule has 2 unspecified atom stereocenters. The summed E-state index contributed by atoms with van der Waals surface area (Å²) in [6.07, 6.45) is 4.15. The Kier molecular flexibility index (Phi) is 5.89. The van der Waals surface area contributed by atoms with E-state index in [0.29, 0.717) is 25.3 Å². The lowest BCUT2D eigenvalue weighted by atomic mass is 9.71. The molecule has 2 amide bonds. The number of nitrogens with one attached hydrogen (secondary N) is 2. The van der Waals surface area contributed by atoms with Gasteiger partial charge in [-0.25, -0.2) is 4.39 Å². The monoisotopic (exact) mass is 455 g/mol. The van der Waals surface area contributed by atoms with Gasteiger partial charge in [0.2, 0.25) is 11.8 Å². The van der Waals surface area contributed by atoms with Crippen molar-refractivity contribution in [2.75, 3.05) is 31.1 Å². The molecule has 3 aliphatic heterocycles. The molecule has 2 aromatic rings. The number of benzene rings is 1. The number of aromatic nitrogens is 2. The second-order valence-electron chi connectivity index (χ2n) is 10.4. The molecule has 3 fully saturated rings. The van der Waals surface area contributed by atoms with Crippen LogP contribution in [-0.4, -0.2) is 53.9 Å². The summed E-state index contributed by atoms with van der Waals surface area (Å²) in [5, 5.41) is 11.2. The Balaban J connectivity index is 1.28. The third-order valence-corrected chi connectivity index (χ3v) is 8.12. The van der Waals surface area contributed by atoms with E-state index in [1.54, 1.807) is 0 Å². The number of fused-ring (bicyclic) bond motifs is 1. The zero-order chi connectivity index (χ0) is 23.2. The minimum absolute atomic E-state index is 0.196. The zero-order valence-corrected chi connectivity index (χ0v) is 19.6. The van der Waals surface area contributed by atoms with Gasteiger partial charge in [-0.3, -0.25) is 19.6 Å². The number of hydrogen-bond donors (Lipinski definition) is 2.